The summed E-state index contributed by atoms with van der Waals surface area (Å²) in [6.07, 6.45) is -1.44. The third kappa shape index (κ3) is 4.69. The van der Waals surface area contributed by atoms with E-state index in [4.69, 9.17) is 10.8 Å². The molecular formula is C10H11N3O6. The summed E-state index contributed by atoms with van der Waals surface area (Å²) in [5.74, 6) is -2.01. The Bertz CT molecular complexity index is 487. The Kier molecular flexibility index (Phi) is 4.92. The molecule has 0 saturated carbocycles. The maximum absolute atomic E-state index is 11.5. The van der Waals surface area contributed by atoms with E-state index in [1.807, 2.05) is 0 Å². The second-order valence-corrected chi connectivity index (χ2v) is 3.42. The number of nitro groups is 1. The van der Waals surface area contributed by atoms with Crippen LogP contribution in [0.15, 0.2) is 24.3 Å². The van der Waals surface area contributed by atoms with Crippen LogP contribution in [0, 0.1) is 10.1 Å². The predicted molar refractivity (Wildman–Crippen MR) is 63.3 cm³/mol. The van der Waals surface area contributed by atoms with Crippen molar-refractivity contribution in [2.24, 2.45) is 5.73 Å². The van der Waals surface area contributed by atoms with Crippen molar-refractivity contribution in [3.8, 4) is 0 Å². The molecule has 0 aliphatic carbocycles. The number of rotatable bonds is 6. The second-order valence-electron chi connectivity index (χ2n) is 3.42. The fourth-order valence-corrected chi connectivity index (χ4v) is 1.12. The molecule has 0 aliphatic heterocycles. The van der Waals surface area contributed by atoms with Crippen molar-refractivity contribution in [2.45, 2.75) is 6.23 Å². The van der Waals surface area contributed by atoms with Gasteiger partial charge in [0.2, 0.25) is 0 Å². The molecule has 4 N–H and O–H groups in total. The third-order valence-corrected chi connectivity index (χ3v) is 1.99. The van der Waals surface area contributed by atoms with Gasteiger partial charge in [0.1, 0.15) is 6.61 Å². The minimum absolute atomic E-state index is 0.121. The Hall–Kier alpha value is -2.52. The molecule has 0 spiro atoms. The molecule has 0 unspecified atom stereocenters. The summed E-state index contributed by atoms with van der Waals surface area (Å²) in [7, 11) is 0. The van der Waals surface area contributed by atoms with Crippen molar-refractivity contribution in [1.29, 1.82) is 0 Å². The van der Waals surface area contributed by atoms with Gasteiger partial charge in [0, 0.05) is 17.8 Å². The lowest BCUT2D eigenvalue weighted by molar-refractivity contribution is -0.384. The van der Waals surface area contributed by atoms with Gasteiger partial charge in [-0.15, -0.1) is 0 Å². The van der Waals surface area contributed by atoms with Gasteiger partial charge in [0.25, 0.3) is 11.6 Å². The highest BCUT2D eigenvalue weighted by Crippen LogP contribution is 2.15. The van der Waals surface area contributed by atoms with Crippen molar-refractivity contribution in [3.63, 3.8) is 0 Å². The highest BCUT2D eigenvalue weighted by molar-refractivity contribution is 5.93. The zero-order valence-electron chi connectivity index (χ0n) is 9.61. The quantitative estimate of drug-likeness (QED) is 0.372. The van der Waals surface area contributed by atoms with Gasteiger partial charge in [-0.3, -0.25) is 20.6 Å². The largest absolute Gasteiger partial charge is 0.480 e. The van der Waals surface area contributed by atoms with Crippen molar-refractivity contribution in [2.75, 3.05) is 11.9 Å². The molecule has 0 fully saturated rings. The van der Waals surface area contributed by atoms with Crippen LogP contribution in [-0.4, -0.2) is 34.7 Å². The second kappa shape index (κ2) is 6.42. The molecule has 0 radical (unpaired) electrons. The maximum Gasteiger partial charge on any atom is 0.329 e. The zero-order valence-corrected chi connectivity index (χ0v) is 9.61. The van der Waals surface area contributed by atoms with Gasteiger partial charge >= 0.3 is 5.97 Å². The molecule has 1 rings (SSSR count). The molecule has 0 saturated heterocycles. The first-order chi connectivity index (χ1) is 8.90. The molecule has 9 heteroatoms. The van der Waals surface area contributed by atoms with E-state index in [2.05, 4.69) is 10.1 Å². The number of aliphatic carboxylic acids is 1. The summed E-state index contributed by atoms with van der Waals surface area (Å²) in [4.78, 5) is 31.5. The minimum atomic E-state index is -1.44. The van der Waals surface area contributed by atoms with E-state index in [0.717, 1.165) is 0 Å². The Morgan fingerprint density at radius 1 is 1.42 bits per heavy atom. The molecule has 1 aromatic rings. The van der Waals surface area contributed by atoms with Crippen LogP contribution in [0.4, 0.5) is 11.4 Å². The van der Waals surface area contributed by atoms with Crippen LogP contribution >= 0.6 is 0 Å². The molecule has 19 heavy (non-hydrogen) atoms. The number of benzene rings is 1. The molecule has 0 bridgehead atoms. The molecule has 1 amide bonds. The van der Waals surface area contributed by atoms with Crippen LogP contribution in [0.25, 0.3) is 0 Å². The summed E-state index contributed by atoms with van der Waals surface area (Å²) in [5, 5.41) is 21.1. The topological polar surface area (TPSA) is 145 Å². The number of carbonyl (C=O) groups excluding carboxylic acids is 1. The normalized spacial score (nSPS) is 11.6. The summed E-state index contributed by atoms with van der Waals surface area (Å²) >= 11 is 0. The number of amides is 1. The van der Waals surface area contributed by atoms with E-state index in [1.165, 1.54) is 24.3 Å². The fraction of sp³-hybridized carbons (Fsp3) is 0.200. The maximum atomic E-state index is 11.5. The number of nitrogens with two attached hydrogens (primary N) is 1. The summed E-state index contributed by atoms with van der Waals surface area (Å²) in [5.41, 5.74) is 5.45. The van der Waals surface area contributed by atoms with E-state index < -0.39 is 29.6 Å². The number of nitrogens with zero attached hydrogens (tertiary/aromatic N) is 1. The van der Waals surface area contributed by atoms with Gasteiger partial charge in [-0.1, -0.05) is 0 Å². The summed E-state index contributed by atoms with van der Waals surface area (Å²) < 4.78 is 4.56. The fourth-order valence-electron chi connectivity index (χ4n) is 1.12. The highest BCUT2D eigenvalue weighted by Gasteiger charge is 2.15. The van der Waals surface area contributed by atoms with Crippen molar-refractivity contribution in [1.82, 2.24) is 0 Å². The number of ether oxygens (including phenoxy) is 1. The Morgan fingerprint density at radius 3 is 2.47 bits per heavy atom. The number of carboxylic acid groups (broad SMARTS) is 1. The van der Waals surface area contributed by atoms with Gasteiger partial charge in [0.15, 0.2) is 6.23 Å². The van der Waals surface area contributed by atoms with Gasteiger partial charge in [-0.25, -0.2) is 4.79 Å². The van der Waals surface area contributed by atoms with E-state index in [0.29, 0.717) is 0 Å². The molecule has 0 aliphatic rings. The van der Waals surface area contributed by atoms with Crippen LogP contribution in [-0.2, 0) is 14.3 Å². The van der Waals surface area contributed by atoms with E-state index >= 15 is 0 Å². The Morgan fingerprint density at radius 2 is 2.00 bits per heavy atom. The van der Waals surface area contributed by atoms with Crippen molar-refractivity contribution < 1.29 is 24.4 Å². The summed E-state index contributed by atoms with van der Waals surface area (Å²) in [6, 6.07) is 5.05. The third-order valence-electron chi connectivity index (χ3n) is 1.99. The number of nitrogens with one attached hydrogen (secondary N) is 1. The van der Waals surface area contributed by atoms with Gasteiger partial charge in [-0.05, 0) is 12.1 Å². The average Bonchev–Trinajstić information content (AvgIpc) is 2.36. The minimum Gasteiger partial charge on any atom is -0.480 e. The molecule has 1 aromatic carbocycles. The lowest BCUT2D eigenvalue weighted by Gasteiger charge is -2.11. The lowest BCUT2D eigenvalue weighted by Crippen LogP contribution is -2.39. The first-order valence-corrected chi connectivity index (χ1v) is 5.04. The van der Waals surface area contributed by atoms with E-state index in [-0.39, 0.29) is 11.4 Å². The predicted octanol–water partition coefficient (Wildman–Crippen LogP) is -0.0807. The molecule has 0 heterocycles. The van der Waals surface area contributed by atoms with Crippen LogP contribution in [0.2, 0.25) is 0 Å². The SMILES string of the molecule is N[C@@H](OCC(=O)O)C(=O)Nc1ccc([N+](=O)[O-])cc1. The zero-order chi connectivity index (χ0) is 14.4. The number of hydrogen-bond donors (Lipinski definition) is 3. The molecular weight excluding hydrogens is 258 g/mol. The highest BCUT2D eigenvalue weighted by atomic mass is 16.6. The van der Waals surface area contributed by atoms with Crippen LogP contribution in [0.5, 0.6) is 0 Å². The molecule has 1 atom stereocenters. The standard InChI is InChI=1S/C10H11N3O6/c11-9(19-5-8(14)15)10(16)12-6-1-3-7(4-2-6)13(17)18/h1-4,9H,5,11H2,(H,12,16)(H,14,15)/t9-/m0/s1. The van der Waals surface area contributed by atoms with Crippen molar-refractivity contribution in [3.05, 3.63) is 34.4 Å². The molecule has 102 valence electrons. The lowest BCUT2D eigenvalue weighted by atomic mass is 10.3. The average molecular weight is 269 g/mol. The first kappa shape index (κ1) is 14.5. The number of nitro benzene ring substituents is 1. The van der Waals surface area contributed by atoms with Crippen molar-refractivity contribution >= 4 is 23.3 Å². The number of anilines is 1. The van der Waals surface area contributed by atoms with Crippen LogP contribution in [0.1, 0.15) is 0 Å². The van der Waals surface area contributed by atoms with E-state index in [9.17, 15) is 19.7 Å². The monoisotopic (exact) mass is 269 g/mol. The first-order valence-electron chi connectivity index (χ1n) is 5.04. The van der Waals surface area contributed by atoms with E-state index in [1.54, 1.807) is 0 Å². The Labute approximate surface area is 107 Å². The van der Waals surface area contributed by atoms with Gasteiger partial charge < -0.3 is 15.2 Å². The van der Waals surface area contributed by atoms with Gasteiger partial charge in [0.05, 0.1) is 4.92 Å². The number of hydrogen-bond acceptors (Lipinski definition) is 6. The van der Waals surface area contributed by atoms with Gasteiger partial charge in [-0.2, -0.15) is 0 Å². The Balaban J connectivity index is 2.56. The number of carboxylic acids is 1. The molecule has 9 nitrogen and oxygen atoms in total. The van der Waals surface area contributed by atoms with Crippen LogP contribution in [0.3, 0.4) is 0 Å². The van der Waals surface area contributed by atoms with Crippen LogP contribution < -0.4 is 11.1 Å². The number of carbonyl (C=O) groups is 2. The molecule has 0 aromatic heterocycles. The number of non-ortho nitro benzene ring substituents is 1. The smallest absolute Gasteiger partial charge is 0.329 e. The summed E-state index contributed by atoms with van der Waals surface area (Å²) in [6.45, 7) is -0.700.